The molecule has 0 amide bonds. The highest BCUT2D eigenvalue weighted by molar-refractivity contribution is 5.33. The van der Waals surface area contributed by atoms with E-state index in [9.17, 15) is 0 Å². The molecule has 0 radical (unpaired) electrons. The standard InChI is InChI=1S/C16H26N2/c1-13-7-6-8-15(14(13)2)12-18-10-5-4-9-16(18)11-17-3/h6-8,16-17H,4-5,9-12H2,1-3H3. The summed E-state index contributed by atoms with van der Waals surface area (Å²) in [5, 5.41) is 3.34. The van der Waals surface area contributed by atoms with Crippen molar-refractivity contribution in [3.63, 3.8) is 0 Å². The van der Waals surface area contributed by atoms with Crippen molar-refractivity contribution in [1.82, 2.24) is 10.2 Å². The highest BCUT2D eigenvalue weighted by Crippen LogP contribution is 2.21. The minimum Gasteiger partial charge on any atom is -0.318 e. The van der Waals surface area contributed by atoms with E-state index in [-0.39, 0.29) is 0 Å². The summed E-state index contributed by atoms with van der Waals surface area (Å²) < 4.78 is 0. The molecule has 0 aromatic heterocycles. The van der Waals surface area contributed by atoms with Crippen LogP contribution in [0.3, 0.4) is 0 Å². The van der Waals surface area contributed by atoms with E-state index in [1.165, 1.54) is 42.5 Å². The summed E-state index contributed by atoms with van der Waals surface area (Å²) in [6, 6.07) is 7.39. The van der Waals surface area contributed by atoms with Gasteiger partial charge in [-0.25, -0.2) is 0 Å². The molecule has 1 aliphatic heterocycles. The van der Waals surface area contributed by atoms with Gasteiger partial charge in [-0.1, -0.05) is 24.6 Å². The van der Waals surface area contributed by atoms with Gasteiger partial charge in [-0.05, 0) is 57.0 Å². The zero-order chi connectivity index (χ0) is 13.0. The third-order valence-corrected chi connectivity index (χ3v) is 4.28. The lowest BCUT2D eigenvalue weighted by Gasteiger charge is -2.36. The van der Waals surface area contributed by atoms with Crippen LogP contribution in [0.4, 0.5) is 0 Å². The first kappa shape index (κ1) is 13.6. The van der Waals surface area contributed by atoms with E-state index >= 15 is 0 Å². The van der Waals surface area contributed by atoms with Crippen molar-refractivity contribution >= 4 is 0 Å². The van der Waals surface area contributed by atoms with Crippen molar-refractivity contribution < 1.29 is 0 Å². The lowest BCUT2D eigenvalue weighted by Crippen LogP contribution is -2.44. The first-order valence-electron chi connectivity index (χ1n) is 7.16. The van der Waals surface area contributed by atoms with Gasteiger partial charge in [-0.3, -0.25) is 4.90 Å². The van der Waals surface area contributed by atoms with E-state index < -0.39 is 0 Å². The van der Waals surface area contributed by atoms with E-state index in [0.717, 1.165) is 13.1 Å². The average molecular weight is 246 g/mol. The molecule has 0 aliphatic carbocycles. The lowest BCUT2D eigenvalue weighted by molar-refractivity contribution is 0.139. The molecule has 2 nitrogen and oxygen atoms in total. The Hall–Kier alpha value is -0.860. The zero-order valence-corrected chi connectivity index (χ0v) is 12.0. The van der Waals surface area contributed by atoms with Crippen molar-refractivity contribution in [3.05, 3.63) is 34.9 Å². The maximum atomic E-state index is 3.34. The first-order valence-corrected chi connectivity index (χ1v) is 7.16. The molecule has 1 heterocycles. The number of rotatable bonds is 4. The van der Waals surface area contributed by atoms with Crippen LogP contribution >= 0.6 is 0 Å². The second-order valence-corrected chi connectivity index (χ2v) is 5.54. The topological polar surface area (TPSA) is 15.3 Å². The quantitative estimate of drug-likeness (QED) is 0.879. The normalized spacial score (nSPS) is 21.2. The molecule has 100 valence electrons. The van der Waals surface area contributed by atoms with E-state index in [4.69, 9.17) is 0 Å². The second-order valence-electron chi connectivity index (χ2n) is 5.54. The Morgan fingerprint density at radius 3 is 2.89 bits per heavy atom. The Morgan fingerprint density at radius 2 is 2.11 bits per heavy atom. The van der Waals surface area contributed by atoms with Gasteiger partial charge in [0.05, 0.1) is 0 Å². The summed E-state index contributed by atoms with van der Waals surface area (Å²) >= 11 is 0. The Morgan fingerprint density at radius 1 is 1.28 bits per heavy atom. The Balaban J connectivity index is 2.08. The number of benzene rings is 1. The van der Waals surface area contributed by atoms with Crippen molar-refractivity contribution in [1.29, 1.82) is 0 Å². The smallest absolute Gasteiger partial charge is 0.0239 e. The van der Waals surface area contributed by atoms with Gasteiger partial charge in [0.15, 0.2) is 0 Å². The van der Waals surface area contributed by atoms with Crippen LogP contribution in [-0.2, 0) is 6.54 Å². The Kier molecular flexibility index (Phi) is 4.79. The van der Waals surface area contributed by atoms with Gasteiger partial charge in [0.2, 0.25) is 0 Å². The number of likely N-dealkylation sites (N-methyl/N-ethyl adjacent to an activating group) is 1. The summed E-state index contributed by atoms with van der Waals surface area (Å²) in [7, 11) is 2.06. The highest BCUT2D eigenvalue weighted by Gasteiger charge is 2.22. The molecule has 1 N–H and O–H groups in total. The molecule has 2 rings (SSSR count). The van der Waals surface area contributed by atoms with E-state index in [1.54, 1.807) is 0 Å². The van der Waals surface area contributed by atoms with E-state index in [0.29, 0.717) is 6.04 Å². The number of likely N-dealkylation sites (tertiary alicyclic amines) is 1. The summed E-state index contributed by atoms with van der Waals surface area (Å²) in [6.07, 6.45) is 4.08. The van der Waals surface area contributed by atoms with Crippen LogP contribution < -0.4 is 5.32 Å². The number of nitrogens with zero attached hydrogens (tertiary/aromatic N) is 1. The third kappa shape index (κ3) is 3.12. The molecule has 1 atom stereocenters. The van der Waals surface area contributed by atoms with Crippen molar-refractivity contribution in [2.75, 3.05) is 20.1 Å². The molecule has 1 unspecified atom stereocenters. The van der Waals surface area contributed by atoms with Crippen molar-refractivity contribution in [3.8, 4) is 0 Å². The average Bonchev–Trinajstić information content (AvgIpc) is 2.37. The van der Waals surface area contributed by atoms with Crippen LogP contribution in [0.25, 0.3) is 0 Å². The lowest BCUT2D eigenvalue weighted by atomic mass is 9.98. The van der Waals surface area contributed by atoms with Gasteiger partial charge < -0.3 is 5.32 Å². The van der Waals surface area contributed by atoms with Crippen LogP contribution in [0.2, 0.25) is 0 Å². The highest BCUT2D eigenvalue weighted by atomic mass is 15.2. The third-order valence-electron chi connectivity index (χ3n) is 4.28. The predicted molar refractivity (Wildman–Crippen MR) is 77.9 cm³/mol. The maximum Gasteiger partial charge on any atom is 0.0239 e. The fraction of sp³-hybridized carbons (Fsp3) is 0.625. The fourth-order valence-corrected chi connectivity index (χ4v) is 2.94. The van der Waals surface area contributed by atoms with Gasteiger partial charge in [0.25, 0.3) is 0 Å². The van der Waals surface area contributed by atoms with Crippen molar-refractivity contribution in [2.45, 2.75) is 45.7 Å². The Labute approximate surface area is 111 Å². The number of aryl methyl sites for hydroxylation is 1. The molecule has 1 aliphatic rings. The van der Waals surface area contributed by atoms with E-state index in [1.807, 2.05) is 0 Å². The molecule has 1 aromatic carbocycles. The van der Waals surface area contributed by atoms with Crippen LogP contribution in [0.1, 0.15) is 36.0 Å². The maximum absolute atomic E-state index is 3.34. The fourth-order valence-electron chi connectivity index (χ4n) is 2.94. The predicted octanol–water partition coefficient (Wildman–Crippen LogP) is 2.88. The SMILES string of the molecule is CNCC1CCCCN1Cc1cccc(C)c1C. The van der Waals surface area contributed by atoms with Gasteiger partial charge in [0, 0.05) is 19.1 Å². The molecule has 0 spiro atoms. The number of hydrogen-bond acceptors (Lipinski definition) is 2. The Bertz CT molecular complexity index is 385. The second kappa shape index (κ2) is 6.35. The monoisotopic (exact) mass is 246 g/mol. The largest absolute Gasteiger partial charge is 0.318 e. The molecule has 18 heavy (non-hydrogen) atoms. The first-order chi connectivity index (χ1) is 8.72. The molecule has 1 fully saturated rings. The molecular weight excluding hydrogens is 220 g/mol. The molecule has 0 saturated carbocycles. The van der Waals surface area contributed by atoms with Gasteiger partial charge in [-0.15, -0.1) is 0 Å². The molecule has 1 saturated heterocycles. The zero-order valence-electron chi connectivity index (χ0n) is 12.0. The summed E-state index contributed by atoms with van der Waals surface area (Å²) in [5.74, 6) is 0. The van der Waals surface area contributed by atoms with Gasteiger partial charge >= 0.3 is 0 Å². The number of hydrogen-bond donors (Lipinski definition) is 1. The summed E-state index contributed by atoms with van der Waals surface area (Å²) in [5.41, 5.74) is 4.37. The van der Waals surface area contributed by atoms with E-state index in [2.05, 4.69) is 49.3 Å². The number of nitrogens with one attached hydrogen (secondary N) is 1. The van der Waals surface area contributed by atoms with Crippen molar-refractivity contribution in [2.24, 2.45) is 0 Å². The molecular formula is C16H26N2. The molecule has 2 heteroatoms. The summed E-state index contributed by atoms with van der Waals surface area (Å²) in [6.45, 7) is 7.94. The summed E-state index contributed by atoms with van der Waals surface area (Å²) in [4.78, 5) is 2.65. The molecule has 1 aromatic rings. The van der Waals surface area contributed by atoms with Crippen LogP contribution in [0, 0.1) is 13.8 Å². The minimum absolute atomic E-state index is 0.712. The van der Waals surface area contributed by atoms with Crippen LogP contribution in [-0.4, -0.2) is 31.1 Å². The molecule has 0 bridgehead atoms. The minimum atomic E-state index is 0.712. The van der Waals surface area contributed by atoms with Gasteiger partial charge in [0.1, 0.15) is 0 Å². The van der Waals surface area contributed by atoms with Crippen LogP contribution in [0.15, 0.2) is 18.2 Å². The van der Waals surface area contributed by atoms with Gasteiger partial charge in [-0.2, -0.15) is 0 Å². The van der Waals surface area contributed by atoms with Crippen LogP contribution in [0.5, 0.6) is 0 Å². The number of piperidine rings is 1.